The van der Waals surface area contributed by atoms with E-state index in [2.05, 4.69) is 5.32 Å². The molecule has 1 aromatic carbocycles. The number of rotatable bonds is 7. The lowest BCUT2D eigenvalue weighted by molar-refractivity contribution is -0.137. The Labute approximate surface area is 118 Å². The molecule has 0 radical (unpaired) electrons. The van der Waals surface area contributed by atoms with Crippen LogP contribution in [-0.4, -0.2) is 28.3 Å². The Kier molecular flexibility index (Phi) is 6.12. The fraction of sp³-hybridized carbons (Fsp3) is 0.500. The molecule has 0 aliphatic rings. The summed E-state index contributed by atoms with van der Waals surface area (Å²) in [6.07, 6.45) is 1.36. The first-order chi connectivity index (χ1) is 8.92. The number of phenols is 1. The number of hydrogen-bond donors (Lipinski definition) is 3. The molecule has 0 saturated heterocycles. The summed E-state index contributed by atoms with van der Waals surface area (Å²) in [5.74, 6) is -0.715. The molecule has 0 heterocycles. The third-order valence-electron chi connectivity index (χ3n) is 3.06. The SMILES string of the molecule is CCC(C)NC(CC(=O)O)Cc1cc(Cl)ccc1O. The van der Waals surface area contributed by atoms with Crippen molar-refractivity contribution in [3.63, 3.8) is 0 Å². The molecule has 2 unspecified atom stereocenters. The van der Waals surface area contributed by atoms with Crippen molar-refractivity contribution < 1.29 is 15.0 Å². The highest BCUT2D eigenvalue weighted by Crippen LogP contribution is 2.23. The molecule has 0 spiro atoms. The number of aliphatic carboxylic acids is 1. The zero-order valence-corrected chi connectivity index (χ0v) is 11.9. The maximum absolute atomic E-state index is 10.9. The minimum absolute atomic E-state index is 0.0102. The number of nitrogens with one attached hydrogen (secondary N) is 1. The number of carbonyl (C=O) groups is 1. The van der Waals surface area contributed by atoms with Crippen LogP contribution in [0.1, 0.15) is 32.3 Å². The van der Waals surface area contributed by atoms with E-state index in [1.54, 1.807) is 12.1 Å². The van der Waals surface area contributed by atoms with Gasteiger partial charge < -0.3 is 15.5 Å². The highest BCUT2D eigenvalue weighted by atomic mass is 35.5. The fourth-order valence-corrected chi connectivity index (χ4v) is 2.10. The second kappa shape index (κ2) is 7.36. The van der Waals surface area contributed by atoms with Gasteiger partial charge in [0.05, 0.1) is 6.42 Å². The van der Waals surface area contributed by atoms with E-state index in [4.69, 9.17) is 16.7 Å². The maximum atomic E-state index is 10.9. The van der Waals surface area contributed by atoms with Crippen LogP contribution in [-0.2, 0) is 11.2 Å². The number of phenolic OH excluding ortho intramolecular Hbond substituents is 1. The highest BCUT2D eigenvalue weighted by Gasteiger charge is 2.17. The number of aromatic hydroxyl groups is 1. The summed E-state index contributed by atoms with van der Waals surface area (Å²) >= 11 is 5.89. The Bertz CT molecular complexity index is 437. The molecule has 0 saturated carbocycles. The van der Waals surface area contributed by atoms with Gasteiger partial charge in [-0.05, 0) is 43.5 Å². The summed E-state index contributed by atoms with van der Waals surface area (Å²) < 4.78 is 0. The number of benzene rings is 1. The zero-order chi connectivity index (χ0) is 14.4. The summed E-state index contributed by atoms with van der Waals surface area (Å²) in [7, 11) is 0. The first-order valence-electron chi connectivity index (χ1n) is 6.37. The molecule has 2 atom stereocenters. The van der Waals surface area contributed by atoms with Crippen LogP contribution in [0.25, 0.3) is 0 Å². The van der Waals surface area contributed by atoms with E-state index in [0.717, 1.165) is 6.42 Å². The van der Waals surface area contributed by atoms with Crippen molar-refractivity contribution in [3.8, 4) is 5.75 Å². The van der Waals surface area contributed by atoms with Gasteiger partial charge in [-0.15, -0.1) is 0 Å². The van der Waals surface area contributed by atoms with Crippen LogP contribution >= 0.6 is 11.6 Å². The van der Waals surface area contributed by atoms with Gasteiger partial charge in [-0.3, -0.25) is 4.79 Å². The number of carboxylic acids is 1. The smallest absolute Gasteiger partial charge is 0.304 e. The fourth-order valence-electron chi connectivity index (χ4n) is 1.90. The molecule has 106 valence electrons. The average molecular weight is 286 g/mol. The van der Waals surface area contributed by atoms with Gasteiger partial charge in [0.2, 0.25) is 0 Å². The van der Waals surface area contributed by atoms with Crippen LogP contribution < -0.4 is 5.32 Å². The van der Waals surface area contributed by atoms with Crippen LogP contribution in [0.15, 0.2) is 18.2 Å². The molecule has 0 amide bonds. The van der Waals surface area contributed by atoms with Gasteiger partial charge in [-0.2, -0.15) is 0 Å². The molecule has 1 aromatic rings. The lowest BCUT2D eigenvalue weighted by Crippen LogP contribution is -2.39. The summed E-state index contributed by atoms with van der Waals surface area (Å²) in [4.78, 5) is 10.9. The minimum atomic E-state index is -0.859. The number of halogens is 1. The number of carboxylic acid groups (broad SMARTS) is 1. The quantitative estimate of drug-likeness (QED) is 0.720. The van der Waals surface area contributed by atoms with Gasteiger partial charge in [-0.1, -0.05) is 18.5 Å². The van der Waals surface area contributed by atoms with Crippen molar-refractivity contribution >= 4 is 17.6 Å². The molecule has 3 N–H and O–H groups in total. The first-order valence-corrected chi connectivity index (χ1v) is 6.75. The van der Waals surface area contributed by atoms with Gasteiger partial charge in [0, 0.05) is 17.1 Å². The largest absolute Gasteiger partial charge is 0.508 e. The van der Waals surface area contributed by atoms with Crippen LogP contribution in [0.3, 0.4) is 0 Å². The third kappa shape index (κ3) is 5.49. The van der Waals surface area contributed by atoms with Gasteiger partial charge >= 0.3 is 5.97 Å². The lowest BCUT2D eigenvalue weighted by atomic mass is 10.0. The Morgan fingerprint density at radius 2 is 2.16 bits per heavy atom. The molecule has 5 heteroatoms. The maximum Gasteiger partial charge on any atom is 0.304 e. The molecule has 0 aliphatic heterocycles. The molecule has 0 aliphatic carbocycles. The van der Waals surface area contributed by atoms with Crippen molar-refractivity contribution in [1.29, 1.82) is 0 Å². The van der Waals surface area contributed by atoms with E-state index in [1.807, 2.05) is 13.8 Å². The van der Waals surface area contributed by atoms with Crippen molar-refractivity contribution in [3.05, 3.63) is 28.8 Å². The second-order valence-electron chi connectivity index (χ2n) is 4.75. The molecule has 19 heavy (non-hydrogen) atoms. The number of hydrogen-bond acceptors (Lipinski definition) is 3. The molecular formula is C14H20ClNO3. The van der Waals surface area contributed by atoms with Crippen molar-refractivity contribution in [2.24, 2.45) is 0 Å². The zero-order valence-electron chi connectivity index (χ0n) is 11.2. The monoisotopic (exact) mass is 285 g/mol. The van der Waals surface area contributed by atoms with Crippen molar-refractivity contribution in [2.75, 3.05) is 0 Å². The third-order valence-corrected chi connectivity index (χ3v) is 3.30. The molecule has 0 aromatic heterocycles. The lowest BCUT2D eigenvalue weighted by Gasteiger charge is -2.21. The van der Waals surface area contributed by atoms with Crippen LogP contribution in [0, 0.1) is 0 Å². The van der Waals surface area contributed by atoms with E-state index < -0.39 is 5.97 Å². The van der Waals surface area contributed by atoms with Crippen LogP contribution in [0.2, 0.25) is 5.02 Å². The van der Waals surface area contributed by atoms with Gasteiger partial charge in [-0.25, -0.2) is 0 Å². The second-order valence-corrected chi connectivity index (χ2v) is 5.18. The Hall–Kier alpha value is -1.26. The Morgan fingerprint density at radius 1 is 1.47 bits per heavy atom. The van der Waals surface area contributed by atoms with Gasteiger partial charge in [0.25, 0.3) is 0 Å². The molecule has 0 bridgehead atoms. The van der Waals surface area contributed by atoms with E-state index >= 15 is 0 Å². The van der Waals surface area contributed by atoms with Crippen LogP contribution in [0.5, 0.6) is 5.75 Å². The molecule has 4 nitrogen and oxygen atoms in total. The summed E-state index contributed by atoms with van der Waals surface area (Å²) in [6, 6.07) is 4.81. The molecule has 0 fully saturated rings. The van der Waals surface area contributed by atoms with Crippen molar-refractivity contribution in [2.45, 2.75) is 45.2 Å². The summed E-state index contributed by atoms with van der Waals surface area (Å²) in [5, 5.41) is 22.5. The first kappa shape index (κ1) is 15.8. The van der Waals surface area contributed by atoms with Gasteiger partial charge in [0.15, 0.2) is 0 Å². The van der Waals surface area contributed by atoms with Crippen molar-refractivity contribution in [1.82, 2.24) is 5.32 Å². The summed E-state index contributed by atoms with van der Waals surface area (Å²) in [5.41, 5.74) is 0.662. The Morgan fingerprint density at radius 3 is 2.74 bits per heavy atom. The van der Waals surface area contributed by atoms with E-state index in [-0.39, 0.29) is 24.3 Å². The highest BCUT2D eigenvalue weighted by molar-refractivity contribution is 6.30. The predicted octanol–water partition coefficient (Wildman–Crippen LogP) is 2.82. The normalized spacial score (nSPS) is 14.1. The molecule has 1 rings (SSSR count). The van der Waals surface area contributed by atoms with E-state index in [9.17, 15) is 9.90 Å². The average Bonchev–Trinajstić information content (AvgIpc) is 2.32. The van der Waals surface area contributed by atoms with Gasteiger partial charge in [0.1, 0.15) is 5.75 Å². The van der Waals surface area contributed by atoms with E-state index in [1.165, 1.54) is 6.07 Å². The van der Waals surface area contributed by atoms with E-state index in [0.29, 0.717) is 17.0 Å². The Balaban J connectivity index is 2.80. The molecular weight excluding hydrogens is 266 g/mol. The standard InChI is InChI=1S/C14H20ClNO3/c1-3-9(2)16-12(8-14(18)19)7-10-6-11(15)4-5-13(10)17/h4-6,9,12,16-17H,3,7-8H2,1-2H3,(H,18,19). The summed E-state index contributed by atoms with van der Waals surface area (Å²) in [6.45, 7) is 4.04. The predicted molar refractivity (Wildman–Crippen MR) is 75.8 cm³/mol. The minimum Gasteiger partial charge on any atom is -0.508 e. The topological polar surface area (TPSA) is 69.6 Å². The van der Waals surface area contributed by atoms with Crippen LogP contribution in [0.4, 0.5) is 0 Å².